The van der Waals surface area contributed by atoms with E-state index in [4.69, 9.17) is 28.0 Å². The number of fused-ring (bicyclic) bond motifs is 2. The van der Waals surface area contributed by atoms with E-state index < -0.39 is 36.2 Å². The van der Waals surface area contributed by atoms with Crippen molar-refractivity contribution in [2.45, 2.75) is 103 Å². The monoisotopic (exact) mass is 1240 g/mol. The SMILES string of the molecule is Cc1cccc(CC(=O)[C@@H]2CCC(F)CCN2)n1.Cc1cccc(CC(=O)[C@@H]2CCC(F)CCN2C(=O)Cn2cc(C(N)=O)c3cc(-c4ccc(N)nc4)ccc32)n1.Cl.NC(=O)c1cn(CC(=O)O)c2ccc(-c3ccc(N)nc3)cc12.S.S=S. The zero-order valence-corrected chi connectivity index (χ0v) is 50.1. The number of alkyl halides is 2. The first-order valence-corrected chi connectivity index (χ1v) is 28.0. The summed E-state index contributed by atoms with van der Waals surface area (Å²) in [5.41, 5.74) is 30.6. The van der Waals surface area contributed by atoms with Gasteiger partial charge in [0.05, 0.1) is 36.1 Å². The number of pyridine rings is 4. The largest absolute Gasteiger partial charge is 0.480 e. The second-order valence-corrected chi connectivity index (χ2v) is 20.2. The molecule has 0 spiro atoms. The molecule has 448 valence electrons. The van der Waals surface area contributed by atoms with Gasteiger partial charge in [-0.1, -0.05) is 24.3 Å². The van der Waals surface area contributed by atoms with E-state index >= 15 is 0 Å². The summed E-state index contributed by atoms with van der Waals surface area (Å²) in [6.07, 6.45) is 7.02. The van der Waals surface area contributed by atoms with Gasteiger partial charge in [-0.2, -0.15) is 13.5 Å². The molecule has 3 amide bonds. The quantitative estimate of drug-likeness (QED) is 0.0611. The fourth-order valence-electron chi connectivity index (χ4n) is 10.1. The van der Waals surface area contributed by atoms with E-state index in [1.165, 1.54) is 15.7 Å². The van der Waals surface area contributed by atoms with Gasteiger partial charge in [0.25, 0.3) is 11.8 Å². The number of aromatic nitrogens is 6. The van der Waals surface area contributed by atoms with Crippen LogP contribution < -0.4 is 28.3 Å². The molecule has 19 nitrogen and oxygen atoms in total. The van der Waals surface area contributed by atoms with Crippen LogP contribution in [0.4, 0.5) is 20.4 Å². The van der Waals surface area contributed by atoms with Gasteiger partial charge in [0.2, 0.25) is 5.91 Å². The lowest BCUT2D eigenvalue weighted by Crippen LogP contribution is -2.46. The molecule has 8 aromatic rings. The molecular formula is C60H67ClF2N12O7S3. The number of primary amides is 2. The van der Waals surface area contributed by atoms with Crippen molar-refractivity contribution >= 4 is 117 Å². The van der Waals surface area contributed by atoms with E-state index in [9.17, 15) is 37.5 Å². The number of nitrogens with zero attached hydrogens (tertiary/aromatic N) is 7. The minimum atomic E-state index is -1.08. The standard InChI is InChI=1S/C30H31FN6O3.C16H14N4O3.C14H19FN2O.ClH.S2.H2S/c1-18-3-2-4-22(35-18)14-27(38)26-9-7-21(31)11-12-37(26)29(39)17-36-16-24(30(33)40)23-13-19(5-8-25(23)36)20-6-10-28(32)34-15-20;17-14-4-2-10(6-19-14)9-1-3-13-11(5-9)12(16(18)23)7-20(13)8-15(21)22;1-10-3-2-4-12(17-10)9-14(18)13-6-5-11(15)7-8-16-13;;1-2;/h2-6,8,10,13,15-16,21,26H,7,9,11-12,14,17H2,1H3,(H2,32,34)(H2,33,40);1-7H,8H2,(H2,17,19)(H2,18,23)(H,21,22);2-4,11,13,16H,5-9H2,1H3;1H;;1H2/t21?,26-;;11?,13-;;;/m0.0.../s1. The summed E-state index contributed by atoms with van der Waals surface area (Å²) in [5, 5.41) is 13.3. The number of halogens is 3. The van der Waals surface area contributed by atoms with E-state index in [0.717, 1.165) is 39.3 Å². The number of nitrogen functional groups attached to an aromatic ring is 2. The Balaban J connectivity index is 0.000000249. The lowest BCUT2D eigenvalue weighted by Gasteiger charge is -2.29. The second kappa shape index (κ2) is 31.7. The summed E-state index contributed by atoms with van der Waals surface area (Å²) in [7, 11) is 0. The van der Waals surface area contributed by atoms with E-state index in [1.807, 2.05) is 80.6 Å². The number of anilines is 2. The molecule has 25 heteroatoms. The van der Waals surface area contributed by atoms with Crippen LogP contribution in [0.3, 0.4) is 0 Å². The molecular weight excluding hydrogens is 1170 g/mol. The van der Waals surface area contributed by atoms with E-state index in [2.05, 4.69) is 47.6 Å². The Morgan fingerprint density at radius 2 is 1.09 bits per heavy atom. The smallest absolute Gasteiger partial charge is 0.323 e. The van der Waals surface area contributed by atoms with Gasteiger partial charge >= 0.3 is 5.97 Å². The average Bonchev–Trinajstić information content (AvgIpc) is 3.13. The first kappa shape index (κ1) is 67.6. The van der Waals surface area contributed by atoms with Crippen molar-refractivity contribution in [1.82, 2.24) is 39.3 Å². The Bertz CT molecular complexity index is 3650. The maximum absolute atomic E-state index is 14.4. The third kappa shape index (κ3) is 18.2. The second-order valence-electron chi connectivity index (χ2n) is 20.2. The molecule has 0 radical (unpaired) electrons. The molecule has 0 aliphatic carbocycles. The van der Waals surface area contributed by atoms with Crippen LogP contribution in [0, 0.1) is 13.8 Å². The van der Waals surface area contributed by atoms with E-state index in [0.29, 0.717) is 71.4 Å². The number of aliphatic carboxylic acids is 1. The summed E-state index contributed by atoms with van der Waals surface area (Å²) in [5.74, 6) is -1.80. The topological polar surface area (TPSA) is 303 Å². The number of aryl methyl sites for hydroxylation is 2. The number of carbonyl (C=O) groups excluding carboxylic acids is 5. The molecule has 6 aromatic heterocycles. The van der Waals surface area contributed by atoms with Crippen LogP contribution in [0.1, 0.15) is 82.0 Å². The number of hydrogen-bond acceptors (Lipinski definition) is 15. The van der Waals surface area contributed by atoms with Gasteiger partial charge < -0.3 is 47.4 Å². The Labute approximate surface area is 512 Å². The fraction of sp³-hybridized carbons (Fsp3) is 0.300. The minimum Gasteiger partial charge on any atom is -0.480 e. The zero-order valence-electron chi connectivity index (χ0n) is 46.7. The Morgan fingerprint density at radius 3 is 1.56 bits per heavy atom. The van der Waals surface area contributed by atoms with Gasteiger partial charge in [0.15, 0.2) is 11.6 Å². The number of likely N-dealkylation sites (tertiary alicyclic amines) is 1. The van der Waals surface area contributed by atoms with Gasteiger partial charge in [-0.15, -0.1) is 12.4 Å². The maximum atomic E-state index is 14.4. The molecule has 2 fully saturated rings. The fourth-order valence-corrected chi connectivity index (χ4v) is 10.1. The first-order valence-electron chi connectivity index (χ1n) is 26.7. The van der Waals surface area contributed by atoms with Crippen LogP contribution in [0.15, 0.2) is 122 Å². The number of amides is 3. The number of Topliss-reactive ketones (excluding diaryl/α,β-unsaturated/α-hetero) is 2. The Morgan fingerprint density at radius 1 is 0.624 bits per heavy atom. The lowest BCUT2D eigenvalue weighted by atomic mass is 10.0. The number of hydrogen-bond donors (Lipinski definition) is 6. The van der Waals surface area contributed by atoms with Crippen molar-refractivity contribution in [1.29, 1.82) is 0 Å². The number of carboxylic acids is 1. The molecule has 0 saturated carbocycles. The zero-order chi connectivity index (χ0) is 59.9. The maximum Gasteiger partial charge on any atom is 0.323 e. The molecule has 2 saturated heterocycles. The van der Waals surface area contributed by atoms with Crippen LogP contribution in [-0.2, 0) is 67.5 Å². The normalized spacial score (nSPS) is 16.4. The number of rotatable bonds is 14. The third-order valence-corrected chi connectivity index (χ3v) is 14.3. The van der Waals surface area contributed by atoms with Crippen LogP contribution in [-0.4, -0.2) is 112 Å². The summed E-state index contributed by atoms with van der Waals surface area (Å²) in [6, 6.07) is 28.1. The van der Waals surface area contributed by atoms with Crippen LogP contribution in [0.25, 0.3) is 44.1 Å². The van der Waals surface area contributed by atoms with Crippen molar-refractivity contribution in [3.8, 4) is 22.3 Å². The van der Waals surface area contributed by atoms with Crippen LogP contribution in [0.5, 0.6) is 0 Å². The molecule has 85 heavy (non-hydrogen) atoms. The van der Waals surface area contributed by atoms with Crippen molar-refractivity contribution in [3.63, 3.8) is 0 Å². The average molecular weight is 1240 g/mol. The summed E-state index contributed by atoms with van der Waals surface area (Å²) < 4.78 is 30.7. The van der Waals surface area contributed by atoms with Gasteiger partial charge in [-0.3, -0.25) is 38.7 Å². The van der Waals surface area contributed by atoms with Crippen molar-refractivity contribution in [3.05, 3.63) is 156 Å². The van der Waals surface area contributed by atoms with Crippen molar-refractivity contribution < 1.29 is 42.7 Å². The molecule has 10 rings (SSSR count). The molecule has 10 N–H and O–H groups in total. The highest BCUT2D eigenvalue weighted by atomic mass is 35.5. The number of nitrogens with two attached hydrogens (primary N) is 4. The van der Waals surface area contributed by atoms with Crippen LogP contribution >= 0.6 is 25.9 Å². The lowest BCUT2D eigenvalue weighted by molar-refractivity contribution is -0.139. The predicted molar refractivity (Wildman–Crippen MR) is 336 cm³/mol. The number of carboxylic acid groups (broad SMARTS) is 1. The molecule has 2 aromatic carbocycles. The van der Waals surface area contributed by atoms with Gasteiger partial charge in [0, 0.05) is 109 Å². The number of nitrogens with one attached hydrogen (secondary N) is 1. The highest BCUT2D eigenvalue weighted by Crippen LogP contribution is 2.31. The highest BCUT2D eigenvalue weighted by molar-refractivity contribution is 8.07. The molecule has 2 aliphatic heterocycles. The van der Waals surface area contributed by atoms with Gasteiger partial charge in [-0.05, 0) is 143 Å². The molecule has 2 aliphatic rings. The predicted octanol–water partition coefficient (Wildman–Crippen LogP) is 7.60. The number of benzene rings is 2. The van der Waals surface area contributed by atoms with Gasteiger partial charge in [0.1, 0.15) is 37.1 Å². The molecule has 8 heterocycles. The Hall–Kier alpha value is -8.16. The minimum absolute atomic E-state index is 0. The van der Waals surface area contributed by atoms with Crippen molar-refractivity contribution in [2.75, 3.05) is 24.6 Å². The molecule has 2 unspecified atom stereocenters. The number of ketones is 2. The molecule has 0 bridgehead atoms. The summed E-state index contributed by atoms with van der Waals surface area (Å²) in [6.45, 7) is 4.10. The van der Waals surface area contributed by atoms with E-state index in [1.54, 1.807) is 53.5 Å². The molecule has 4 atom stereocenters. The number of carbonyl (C=O) groups is 6. The summed E-state index contributed by atoms with van der Waals surface area (Å²) >= 11 is 7.33. The third-order valence-electron chi connectivity index (χ3n) is 14.3. The van der Waals surface area contributed by atoms with Gasteiger partial charge in [-0.25, -0.2) is 18.7 Å². The van der Waals surface area contributed by atoms with Crippen molar-refractivity contribution in [2.24, 2.45) is 11.5 Å². The Kier molecular flexibility index (Phi) is 25.2. The van der Waals surface area contributed by atoms with E-state index in [-0.39, 0.29) is 106 Å². The summed E-state index contributed by atoms with van der Waals surface area (Å²) in [4.78, 5) is 92.5. The highest BCUT2D eigenvalue weighted by Gasteiger charge is 2.34. The van der Waals surface area contributed by atoms with Crippen LogP contribution in [0.2, 0.25) is 0 Å². The first-order chi connectivity index (χ1) is 39.8.